The smallest absolute Gasteiger partial charge is 0.0162 e. The third-order valence-electron chi connectivity index (χ3n) is 8.72. The molecule has 0 radical (unpaired) electrons. The lowest BCUT2D eigenvalue weighted by molar-refractivity contribution is 0.348. The van der Waals surface area contributed by atoms with Crippen molar-refractivity contribution in [2.24, 2.45) is 11.8 Å². The van der Waals surface area contributed by atoms with Gasteiger partial charge in [0.05, 0.1) is 0 Å². The maximum absolute atomic E-state index is 2.55. The van der Waals surface area contributed by atoms with Crippen LogP contribution >= 0.6 is 0 Å². The molecule has 0 heterocycles. The van der Waals surface area contributed by atoms with E-state index in [1.165, 1.54) is 113 Å². The summed E-state index contributed by atoms with van der Waals surface area (Å²) in [6, 6.07) is 18.8. The minimum atomic E-state index is 0.778. The van der Waals surface area contributed by atoms with E-state index in [9.17, 15) is 0 Å². The minimum Gasteiger partial charge on any atom is -0.0804 e. The Morgan fingerprint density at radius 2 is 1.24 bits per heavy atom. The zero-order valence-electron chi connectivity index (χ0n) is 22.0. The number of rotatable bonds is 11. The SMILES string of the molecule is CCCCCCCCCC1CC=C(c2ccc(-c3ccc(C4CCC(C)CC4)cc3)cc2)CC1. The molecule has 0 amide bonds. The van der Waals surface area contributed by atoms with Crippen molar-refractivity contribution < 1.29 is 0 Å². The second kappa shape index (κ2) is 13.3. The van der Waals surface area contributed by atoms with Crippen molar-refractivity contribution in [3.63, 3.8) is 0 Å². The summed E-state index contributed by atoms with van der Waals surface area (Å²) < 4.78 is 0. The third kappa shape index (κ3) is 7.34. The molecule has 1 unspecified atom stereocenters. The van der Waals surface area contributed by atoms with Crippen LogP contribution in [0.15, 0.2) is 54.6 Å². The van der Waals surface area contributed by atoms with Gasteiger partial charge in [0, 0.05) is 0 Å². The predicted octanol–water partition coefficient (Wildman–Crippen LogP) is 11.0. The van der Waals surface area contributed by atoms with Crippen LogP contribution in [-0.4, -0.2) is 0 Å². The van der Waals surface area contributed by atoms with Crippen LogP contribution in [0.2, 0.25) is 0 Å². The lowest BCUT2D eigenvalue weighted by Gasteiger charge is -2.26. The molecule has 0 aromatic heterocycles. The summed E-state index contributed by atoms with van der Waals surface area (Å²) in [4.78, 5) is 0. The zero-order valence-corrected chi connectivity index (χ0v) is 22.0. The van der Waals surface area contributed by atoms with Gasteiger partial charge in [-0.25, -0.2) is 0 Å². The quantitative estimate of drug-likeness (QED) is 0.295. The van der Waals surface area contributed by atoms with Crippen LogP contribution in [0.3, 0.4) is 0 Å². The van der Waals surface area contributed by atoms with Crippen molar-refractivity contribution in [2.75, 3.05) is 0 Å². The van der Waals surface area contributed by atoms with E-state index in [0.29, 0.717) is 0 Å². The van der Waals surface area contributed by atoms with Gasteiger partial charge < -0.3 is 0 Å². The average molecular weight is 457 g/mol. The Hall–Kier alpha value is -1.82. The van der Waals surface area contributed by atoms with Crippen molar-refractivity contribution in [3.8, 4) is 11.1 Å². The first-order chi connectivity index (χ1) is 16.7. The molecule has 2 aromatic rings. The lowest BCUT2D eigenvalue weighted by Crippen LogP contribution is -2.10. The van der Waals surface area contributed by atoms with Crippen molar-refractivity contribution in [3.05, 3.63) is 65.7 Å². The Balaban J connectivity index is 1.24. The maximum atomic E-state index is 2.55. The highest BCUT2D eigenvalue weighted by atomic mass is 14.2. The number of hydrogen-bond donors (Lipinski definition) is 0. The number of benzene rings is 2. The monoisotopic (exact) mass is 456 g/mol. The molecule has 2 aromatic carbocycles. The van der Waals surface area contributed by atoms with Gasteiger partial charge in [-0.1, -0.05) is 133 Å². The van der Waals surface area contributed by atoms with Gasteiger partial charge in [0.1, 0.15) is 0 Å². The Bertz CT molecular complexity index is 861. The van der Waals surface area contributed by atoms with Gasteiger partial charge in [-0.3, -0.25) is 0 Å². The first-order valence-corrected chi connectivity index (χ1v) is 14.6. The fourth-order valence-corrected chi connectivity index (χ4v) is 6.22. The molecular weight excluding hydrogens is 408 g/mol. The van der Waals surface area contributed by atoms with E-state index in [1.54, 1.807) is 11.1 Å². The van der Waals surface area contributed by atoms with Crippen molar-refractivity contribution in [1.82, 2.24) is 0 Å². The summed E-state index contributed by atoms with van der Waals surface area (Å²) in [5.74, 6) is 2.62. The largest absolute Gasteiger partial charge is 0.0804 e. The molecule has 2 aliphatic rings. The van der Waals surface area contributed by atoms with E-state index < -0.39 is 0 Å². The molecule has 184 valence electrons. The van der Waals surface area contributed by atoms with Gasteiger partial charge >= 0.3 is 0 Å². The molecule has 2 aliphatic carbocycles. The van der Waals surface area contributed by atoms with Gasteiger partial charge in [0.25, 0.3) is 0 Å². The van der Waals surface area contributed by atoms with Crippen molar-refractivity contribution >= 4 is 5.57 Å². The topological polar surface area (TPSA) is 0 Å². The highest BCUT2D eigenvalue weighted by Crippen LogP contribution is 2.37. The minimum absolute atomic E-state index is 0.778. The van der Waals surface area contributed by atoms with Crippen LogP contribution in [0, 0.1) is 11.8 Å². The highest BCUT2D eigenvalue weighted by molar-refractivity contribution is 5.71. The number of unbranched alkanes of at least 4 members (excludes halogenated alkanes) is 6. The van der Waals surface area contributed by atoms with Gasteiger partial charge in [0.2, 0.25) is 0 Å². The molecule has 0 heteroatoms. The molecule has 0 N–H and O–H groups in total. The predicted molar refractivity (Wildman–Crippen MR) is 150 cm³/mol. The lowest BCUT2D eigenvalue weighted by atomic mass is 9.79. The summed E-state index contributed by atoms with van der Waals surface area (Å²) in [6.07, 6.45) is 23.4. The van der Waals surface area contributed by atoms with E-state index in [4.69, 9.17) is 0 Å². The van der Waals surface area contributed by atoms with Gasteiger partial charge in [-0.05, 0) is 77.7 Å². The van der Waals surface area contributed by atoms with Crippen LogP contribution < -0.4 is 0 Å². The van der Waals surface area contributed by atoms with Crippen LogP contribution in [-0.2, 0) is 0 Å². The standard InChI is InChI=1S/C34H48/c1-3-4-5-6-7-8-9-10-28-13-17-30(18-14-28)32-21-25-34(26-22-32)33-23-19-31(20-24-33)29-15-11-27(2)12-16-29/h17,19-29H,3-16,18H2,1-2H3. The number of allylic oxidation sites excluding steroid dienone is 2. The first kappa shape index (κ1) is 25.3. The molecule has 1 saturated carbocycles. The fraction of sp³-hybridized carbons (Fsp3) is 0.588. The van der Waals surface area contributed by atoms with Crippen molar-refractivity contribution in [1.29, 1.82) is 0 Å². The van der Waals surface area contributed by atoms with E-state index in [0.717, 1.165) is 17.8 Å². The number of hydrogen-bond acceptors (Lipinski definition) is 0. The molecule has 4 rings (SSSR count). The maximum Gasteiger partial charge on any atom is -0.0162 e. The van der Waals surface area contributed by atoms with E-state index in [1.807, 2.05) is 0 Å². The summed E-state index contributed by atoms with van der Waals surface area (Å²) in [7, 11) is 0. The molecule has 0 spiro atoms. The van der Waals surface area contributed by atoms with Crippen LogP contribution in [0.4, 0.5) is 0 Å². The van der Waals surface area contributed by atoms with E-state index in [2.05, 4.69) is 68.5 Å². The Morgan fingerprint density at radius 1 is 0.647 bits per heavy atom. The second-order valence-electron chi connectivity index (χ2n) is 11.4. The molecular formula is C34H48. The Kier molecular flexibility index (Phi) is 9.90. The second-order valence-corrected chi connectivity index (χ2v) is 11.4. The molecule has 34 heavy (non-hydrogen) atoms. The van der Waals surface area contributed by atoms with Crippen molar-refractivity contribution in [2.45, 2.75) is 116 Å². The molecule has 0 saturated heterocycles. The van der Waals surface area contributed by atoms with E-state index in [-0.39, 0.29) is 0 Å². The van der Waals surface area contributed by atoms with Crippen LogP contribution in [0.25, 0.3) is 16.7 Å². The molecule has 0 aliphatic heterocycles. The van der Waals surface area contributed by atoms with Crippen LogP contribution in [0.5, 0.6) is 0 Å². The van der Waals surface area contributed by atoms with Crippen LogP contribution in [0.1, 0.15) is 127 Å². The molecule has 1 fully saturated rings. The molecule has 0 nitrogen and oxygen atoms in total. The average Bonchev–Trinajstić information content (AvgIpc) is 2.89. The summed E-state index contributed by atoms with van der Waals surface area (Å²) in [5.41, 5.74) is 7.26. The Labute approximate surface area is 210 Å². The van der Waals surface area contributed by atoms with E-state index >= 15 is 0 Å². The zero-order chi connectivity index (χ0) is 23.6. The summed E-state index contributed by atoms with van der Waals surface area (Å²) >= 11 is 0. The fourth-order valence-electron chi connectivity index (χ4n) is 6.22. The summed E-state index contributed by atoms with van der Waals surface area (Å²) in [5, 5.41) is 0. The Morgan fingerprint density at radius 3 is 1.85 bits per heavy atom. The highest BCUT2D eigenvalue weighted by Gasteiger charge is 2.19. The summed E-state index contributed by atoms with van der Waals surface area (Å²) in [6.45, 7) is 4.71. The third-order valence-corrected chi connectivity index (χ3v) is 8.72. The van der Waals surface area contributed by atoms with Gasteiger partial charge in [-0.15, -0.1) is 0 Å². The van der Waals surface area contributed by atoms with Gasteiger partial charge in [-0.2, -0.15) is 0 Å². The van der Waals surface area contributed by atoms with Gasteiger partial charge in [0.15, 0.2) is 0 Å². The molecule has 0 bridgehead atoms. The first-order valence-electron chi connectivity index (χ1n) is 14.6. The molecule has 1 atom stereocenters. The normalized spacial score (nSPS) is 23.0.